The van der Waals surface area contributed by atoms with Crippen LogP contribution < -0.4 is 4.90 Å². The molecule has 0 radical (unpaired) electrons. The highest BCUT2D eigenvalue weighted by Gasteiger charge is 2.26. The molecule has 1 amide bonds. The maximum Gasteiger partial charge on any atom is 0.266 e. The molecule has 1 aliphatic rings. The summed E-state index contributed by atoms with van der Waals surface area (Å²) in [6.07, 6.45) is 2.62. The van der Waals surface area contributed by atoms with Gasteiger partial charge in [0.25, 0.3) is 11.9 Å². The van der Waals surface area contributed by atoms with Gasteiger partial charge in [-0.3, -0.25) is 4.79 Å². The molecule has 1 aliphatic heterocycles. The van der Waals surface area contributed by atoms with Crippen molar-refractivity contribution in [3.05, 3.63) is 22.9 Å². The number of hydrogen-bond acceptors (Lipinski definition) is 7. The highest BCUT2D eigenvalue weighted by atomic mass is 16.5. The minimum absolute atomic E-state index is 0.0205. The highest BCUT2D eigenvalue weighted by molar-refractivity contribution is 5.96. The van der Waals surface area contributed by atoms with Crippen LogP contribution in [-0.2, 0) is 6.42 Å². The SMILES string of the molecule is CCCc1nc(N2CCCN(C(=O)c3c(C)noc3C)CC2)no1. The van der Waals surface area contributed by atoms with Gasteiger partial charge in [0.15, 0.2) is 0 Å². The van der Waals surface area contributed by atoms with Crippen molar-refractivity contribution in [3.63, 3.8) is 0 Å². The van der Waals surface area contributed by atoms with Crippen molar-refractivity contribution < 1.29 is 13.8 Å². The number of amides is 1. The zero-order valence-electron chi connectivity index (χ0n) is 14.4. The van der Waals surface area contributed by atoms with Gasteiger partial charge in [0.1, 0.15) is 11.3 Å². The van der Waals surface area contributed by atoms with Crippen molar-refractivity contribution in [1.29, 1.82) is 0 Å². The summed E-state index contributed by atoms with van der Waals surface area (Å²) in [5.74, 6) is 1.83. The van der Waals surface area contributed by atoms with Crippen LogP contribution in [0.2, 0.25) is 0 Å². The molecule has 0 N–H and O–H groups in total. The molecule has 1 saturated heterocycles. The molecular formula is C16H23N5O3. The monoisotopic (exact) mass is 333 g/mol. The van der Waals surface area contributed by atoms with E-state index in [4.69, 9.17) is 9.05 Å². The topological polar surface area (TPSA) is 88.5 Å². The Hall–Kier alpha value is -2.38. The maximum atomic E-state index is 12.7. The van der Waals surface area contributed by atoms with E-state index in [1.54, 1.807) is 13.8 Å². The van der Waals surface area contributed by atoms with E-state index in [2.05, 4.69) is 27.1 Å². The molecule has 0 aromatic carbocycles. The minimum atomic E-state index is -0.0205. The Labute approximate surface area is 140 Å². The molecule has 1 fully saturated rings. The van der Waals surface area contributed by atoms with Gasteiger partial charge in [0, 0.05) is 32.6 Å². The number of carbonyl (C=O) groups excluding carboxylic acids is 1. The molecule has 0 unspecified atom stereocenters. The van der Waals surface area contributed by atoms with Gasteiger partial charge in [-0.05, 0) is 31.8 Å². The standard InChI is InChI=1S/C16H23N5O3/c1-4-6-13-17-16(19-24-13)21-8-5-7-20(9-10-21)15(22)14-11(2)18-23-12(14)3/h4-10H2,1-3H3. The first kappa shape index (κ1) is 16.5. The Bertz CT molecular complexity index is 689. The molecule has 2 aromatic heterocycles. The molecule has 8 heteroatoms. The average Bonchev–Trinajstić information content (AvgIpc) is 3.06. The van der Waals surface area contributed by atoms with Gasteiger partial charge in [-0.15, -0.1) is 0 Å². The second kappa shape index (κ2) is 7.02. The van der Waals surface area contributed by atoms with Crippen LogP contribution in [-0.4, -0.2) is 52.3 Å². The third-order valence-electron chi connectivity index (χ3n) is 4.23. The fourth-order valence-corrected chi connectivity index (χ4v) is 2.96. The van der Waals surface area contributed by atoms with Crippen LogP contribution in [0.5, 0.6) is 0 Å². The summed E-state index contributed by atoms with van der Waals surface area (Å²) >= 11 is 0. The average molecular weight is 333 g/mol. The van der Waals surface area contributed by atoms with Gasteiger partial charge in [-0.1, -0.05) is 12.1 Å². The first-order chi connectivity index (χ1) is 11.6. The molecule has 0 atom stereocenters. The van der Waals surface area contributed by atoms with Crippen LogP contribution in [0.1, 0.15) is 47.5 Å². The van der Waals surface area contributed by atoms with Gasteiger partial charge in [-0.25, -0.2) is 0 Å². The summed E-state index contributed by atoms with van der Waals surface area (Å²) in [6, 6.07) is 0. The van der Waals surface area contributed by atoms with E-state index in [9.17, 15) is 4.79 Å². The first-order valence-corrected chi connectivity index (χ1v) is 8.39. The van der Waals surface area contributed by atoms with Crippen LogP contribution in [0.4, 0.5) is 5.95 Å². The Morgan fingerprint density at radius 2 is 1.96 bits per heavy atom. The Kier molecular flexibility index (Phi) is 4.82. The third-order valence-corrected chi connectivity index (χ3v) is 4.23. The molecule has 2 aromatic rings. The van der Waals surface area contributed by atoms with Gasteiger partial charge < -0.3 is 18.8 Å². The largest absolute Gasteiger partial charge is 0.361 e. The van der Waals surface area contributed by atoms with Crippen molar-refractivity contribution >= 4 is 11.9 Å². The number of aromatic nitrogens is 3. The summed E-state index contributed by atoms with van der Waals surface area (Å²) in [4.78, 5) is 21.1. The lowest BCUT2D eigenvalue weighted by molar-refractivity contribution is 0.0764. The smallest absolute Gasteiger partial charge is 0.266 e. The van der Waals surface area contributed by atoms with E-state index in [0.29, 0.717) is 48.5 Å². The summed E-state index contributed by atoms with van der Waals surface area (Å²) in [7, 11) is 0. The van der Waals surface area contributed by atoms with Crippen LogP contribution >= 0.6 is 0 Å². The Morgan fingerprint density at radius 3 is 2.67 bits per heavy atom. The molecule has 8 nitrogen and oxygen atoms in total. The van der Waals surface area contributed by atoms with Crippen LogP contribution in [0, 0.1) is 13.8 Å². The lowest BCUT2D eigenvalue weighted by Crippen LogP contribution is -2.35. The lowest BCUT2D eigenvalue weighted by Gasteiger charge is -2.21. The number of nitrogens with zero attached hydrogens (tertiary/aromatic N) is 5. The van der Waals surface area contributed by atoms with E-state index in [1.165, 1.54) is 0 Å². The fourth-order valence-electron chi connectivity index (χ4n) is 2.96. The van der Waals surface area contributed by atoms with Gasteiger partial charge in [-0.2, -0.15) is 4.98 Å². The fraction of sp³-hybridized carbons (Fsp3) is 0.625. The minimum Gasteiger partial charge on any atom is -0.361 e. The molecule has 0 spiro atoms. The predicted octanol–water partition coefficient (Wildman–Crippen LogP) is 1.98. The number of aryl methyl sites for hydroxylation is 3. The molecule has 0 bridgehead atoms. The van der Waals surface area contributed by atoms with Crippen LogP contribution in [0.3, 0.4) is 0 Å². The summed E-state index contributed by atoms with van der Waals surface area (Å²) in [5, 5.41) is 7.93. The Balaban J connectivity index is 1.67. The number of carbonyl (C=O) groups is 1. The van der Waals surface area contributed by atoms with Gasteiger partial charge in [0.2, 0.25) is 5.89 Å². The summed E-state index contributed by atoms with van der Waals surface area (Å²) in [5.41, 5.74) is 1.22. The zero-order chi connectivity index (χ0) is 17.1. The number of anilines is 1. The molecule has 24 heavy (non-hydrogen) atoms. The third kappa shape index (κ3) is 3.27. The first-order valence-electron chi connectivity index (χ1n) is 8.39. The van der Waals surface area contributed by atoms with Crippen LogP contribution in [0.25, 0.3) is 0 Å². The second-order valence-electron chi connectivity index (χ2n) is 6.07. The van der Waals surface area contributed by atoms with Crippen molar-refractivity contribution in [2.45, 2.75) is 40.0 Å². The van der Waals surface area contributed by atoms with E-state index in [0.717, 1.165) is 25.8 Å². The molecule has 3 rings (SSSR count). The lowest BCUT2D eigenvalue weighted by atomic mass is 10.1. The zero-order valence-corrected chi connectivity index (χ0v) is 14.4. The van der Waals surface area contributed by atoms with Gasteiger partial charge >= 0.3 is 0 Å². The molecule has 3 heterocycles. The Morgan fingerprint density at radius 1 is 1.12 bits per heavy atom. The molecule has 0 aliphatic carbocycles. The highest BCUT2D eigenvalue weighted by Crippen LogP contribution is 2.18. The van der Waals surface area contributed by atoms with Crippen molar-refractivity contribution in [2.24, 2.45) is 0 Å². The van der Waals surface area contributed by atoms with Crippen molar-refractivity contribution in [2.75, 3.05) is 31.1 Å². The number of hydrogen-bond donors (Lipinski definition) is 0. The second-order valence-corrected chi connectivity index (χ2v) is 6.07. The maximum absolute atomic E-state index is 12.7. The quantitative estimate of drug-likeness (QED) is 0.845. The molecule has 0 saturated carbocycles. The van der Waals surface area contributed by atoms with Crippen molar-refractivity contribution in [3.8, 4) is 0 Å². The molecular weight excluding hydrogens is 310 g/mol. The van der Waals surface area contributed by atoms with Gasteiger partial charge in [0.05, 0.1) is 5.69 Å². The normalized spacial score (nSPS) is 15.6. The van der Waals surface area contributed by atoms with E-state index in [-0.39, 0.29) is 5.91 Å². The summed E-state index contributed by atoms with van der Waals surface area (Å²) in [6.45, 7) is 8.43. The summed E-state index contributed by atoms with van der Waals surface area (Å²) < 4.78 is 10.4. The molecule has 130 valence electrons. The van der Waals surface area contributed by atoms with E-state index >= 15 is 0 Å². The van der Waals surface area contributed by atoms with E-state index in [1.807, 2.05) is 4.90 Å². The predicted molar refractivity (Wildman–Crippen MR) is 87.0 cm³/mol. The van der Waals surface area contributed by atoms with Crippen molar-refractivity contribution in [1.82, 2.24) is 20.2 Å². The number of rotatable bonds is 4. The van der Waals surface area contributed by atoms with Crippen LogP contribution in [0.15, 0.2) is 9.05 Å². The van der Waals surface area contributed by atoms with E-state index < -0.39 is 0 Å².